The standard InChI is InChI=1S/C26H32ClFN4O3/c1-6-16(3)22(33)14-32(4)13-17(7-2)35-24-11-18-21(12-23(24)34-5)29-15-30-26(18)31-20-10-8-9-19(27)25(20)28/h8-12,15-17H,6-7,13-14H2,1-5H3,(H,29,30,31). The fourth-order valence-corrected chi connectivity index (χ4v) is 3.81. The van der Waals surface area contributed by atoms with Gasteiger partial charge in [0.15, 0.2) is 17.3 Å². The molecule has 7 nitrogen and oxygen atoms in total. The normalized spacial score (nSPS) is 13.0. The van der Waals surface area contributed by atoms with E-state index >= 15 is 0 Å². The number of Topliss-reactive ketones (excluding diaryl/α,β-unsaturated/α-hetero) is 1. The van der Waals surface area contributed by atoms with Crippen molar-refractivity contribution in [2.24, 2.45) is 5.92 Å². The molecule has 0 saturated carbocycles. The van der Waals surface area contributed by atoms with Gasteiger partial charge in [0, 0.05) is 23.9 Å². The SMILES string of the molecule is CCC(CN(C)CC(=O)C(C)CC)Oc1cc2c(Nc3cccc(Cl)c3F)ncnc2cc1OC. The van der Waals surface area contributed by atoms with Crippen molar-refractivity contribution in [3.8, 4) is 11.5 Å². The average Bonchev–Trinajstić information content (AvgIpc) is 2.85. The van der Waals surface area contributed by atoms with Crippen molar-refractivity contribution in [3.63, 3.8) is 0 Å². The first-order valence-electron chi connectivity index (χ1n) is 11.7. The lowest BCUT2D eigenvalue weighted by Gasteiger charge is -2.25. The number of ketones is 1. The highest BCUT2D eigenvalue weighted by Gasteiger charge is 2.20. The quantitative estimate of drug-likeness (QED) is 0.331. The van der Waals surface area contributed by atoms with Gasteiger partial charge in [0.1, 0.15) is 24.0 Å². The Kier molecular flexibility index (Phi) is 9.23. The third kappa shape index (κ3) is 6.58. The molecule has 0 radical (unpaired) electrons. The van der Waals surface area contributed by atoms with Gasteiger partial charge in [0.05, 0.1) is 29.9 Å². The van der Waals surface area contributed by atoms with Gasteiger partial charge in [-0.1, -0.05) is 38.4 Å². The summed E-state index contributed by atoms with van der Waals surface area (Å²) in [5, 5.41) is 3.66. The van der Waals surface area contributed by atoms with E-state index in [1.807, 2.05) is 32.7 Å². The topological polar surface area (TPSA) is 76.6 Å². The van der Waals surface area contributed by atoms with Crippen molar-refractivity contribution in [1.82, 2.24) is 14.9 Å². The van der Waals surface area contributed by atoms with E-state index in [2.05, 4.69) is 15.3 Å². The Morgan fingerprint density at radius 2 is 1.97 bits per heavy atom. The van der Waals surface area contributed by atoms with Crippen LogP contribution in [0.3, 0.4) is 0 Å². The highest BCUT2D eigenvalue weighted by molar-refractivity contribution is 6.31. The molecule has 0 fully saturated rings. The van der Waals surface area contributed by atoms with Gasteiger partial charge in [-0.15, -0.1) is 0 Å². The molecule has 2 atom stereocenters. The minimum Gasteiger partial charge on any atom is -0.493 e. The first-order chi connectivity index (χ1) is 16.8. The van der Waals surface area contributed by atoms with E-state index in [0.717, 1.165) is 12.8 Å². The highest BCUT2D eigenvalue weighted by Crippen LogP contribution is 2.36. The van der Waals surface area contributed by atoms with Gasteiger partial charge < -0.3 is 14.8 Å². The zero-order valence-electron chi connectivity index (χ0n) is 20.8. The highest BCUT2D eigenvalue weighted by atomic mass is 35.5. The number of carbonyl (C=O) groups excluding carboxylic acids is 1. The van der Waals surface area contributed by atoms with E-state index < -0.39 is 5.82 Å². The van der Waals surface area contributed by atoms with Crippen LogP contribution in [0.1, 0.15) is 33.6 Å². The fourth-order valence-electron chi connectivity index (χ4n) is 3.63. The van der Waals surface area contributed by atoms with Crippen molar-refractivity contribution < 1.29 is 18.7 Å². The lowest BCUT2D eigenvalue weighted by molar-refractivity contribution is -0.123. The summed E-state index contributed by atoms with van der Waals surface area (Å²) in [6.07, 6.45) is 2.77. The zero-order chi connectivity index (χ0) is 25.5. The summed E-state index contributed by atoms with van der Waals surface area (Å²) in [6, 6.07) is 8.26. The average molecular weight is 503 g/mol. The van der Waals surface area contributed by atoms with E-state index in [9.17, 15) is 9.18 Å². The molecule has 0 spiro atoms. The number of carbonyl (C=O) groups is 1. The third-order valence-electron chi connectivity index (χ3n) is 5.98. The van der Waals surface area contributed by atoms with Gasteiger partial charge in [-0.2, -0.15) is 0 Å². The lowest BCUT2D eigenvalue weighted by Crippen LogP contribution is -2.37. The van der Waals surface area contributed by atoms with E-state index in [-0.39, 0.29) is 28.5 Å². The van der Waals surface area contributed by atoms with Gasteiger partial charge in [0.2, 0.25) is 0 Å². The monoisotopic (exact) mass is 502 g/mol. The second-order valence-corrected chi connectivity index (χ2v) is 9.00. The van der Waals surface area contributed by atoms with E-state index in [1.54, 1.807) is 31.4 Å². The van der Waals surface area contributed by atoms with Crippen LogP contribution in [-0.4, -0.2) is 54.0 Å². The predicted molar refractivity (Wildman–Crippen MR) is 137 cm³/mol. The molecule has 0 saturated heterocycles. The van der Waals surface area contributed by atoms with Crippen molar-refractivity contribution >= 4 is 39.8 Å². The minimum atomic E-state index is -0.563. The number of methoxy groups -OCH3 is 1. The Morgan fingerprint density at radius 1 is 1.20 bits per heavy atom. The number of likely N-dealkylation sites (N-methyl/N-ethyl adjacent to an activating group) is 1. The molecule has 3 aromatic rings. The van der Waals surface area contributed by atoms with Crippen LogP contribution in [0, 0.1) is 11.7 Å². The number of benzene rings is 2. The van der Waals surface area contributed by atoms with Crippen LogP contribution in [0.2, 0.25) is 5.02 Å². The van der Waals surface area contributed by atoms with Crippen LogP contribution in [0.25, 0.3) is 10.9 Å². The summed E-state index contributed by atoms with van der Waals surface area (Å²) in [7, 11) is 3.48. The van der Waals surface area contributed by atoms with Crippen molar-refractivity contribution in [3.05, 3.63) is 47.5 Å². The summed E-state index contributed by atoms with van der Waals surface area (Å²) in [6.45, 7) is 6.94. The van der Waals surface area contributed by atoms with E-state index in [1.165, 1.54) is 12.4 Å². The van der Waals surface area contributed by atoms with Crippen LogP contribution in [0.15, 0.2) is 36.7 Å². The Bertz CT molecular complexity index is 1180. The molecule has 9 heteroatoms. The van der Waals surface area contributed by atoms with Crippen LogP contribution >= 0.6 is 11.6 Å². The molecule has 3 rings (SSSR count). The summed E-state index contributed by atoms with van der Waals surface area (Å²) in [5.74, 6) is 1.13. The Balaban J connectivity index is 1.87. The summed E-state index contributed by atoms with van der Waals surface area (Å²) in [5.41, 5.74) is 0.813. The summed E-state index contributed by atoms with van der Waals surface area (Å²) < 4.78 is 26.4. The van der Waals surface area contributed by atoms with E-state index in [0.29, 0.717) is 41.3 Å². The molecular weight excluding hydrogens is 471 g/mol. The van der Waals surface area contributed by atoms with Gasteiger partial charge in [-0.25, -0.2) is 14.4 Å². The number of hydrogen-bond donors (Lipinski definition) is 1. The molecule has 188 valence electrons. The van der Waals surface area contributed by atoms with E-state index in [4.69, 9.17) is 21.1 Å². The molecule has 0 aliphatic carbocycles. The number of nitrogens with one attached hydrogen (secondary N) is 1. The smallest absolute Gasteiger partial charge is 0.165 e. The molecule has 2 unspecified atom stereocenters. The lowest BCUT2D eigenvalue weighted by atomic mass is 10.0. The third-order valence-corrected chi connectivity index (χ3v) is 6.27. The molecule has 2 aromatic carbocycles. The van der Waals surface area contributed by atoms with Gasteiger partial charge in [0.25, 0.3) is 0 Å². The number of aromatic nitrogens is 2. The first kappa shape index (κ1) is 26.6. The fraction of sp³-hybridized carbons (Fsp3) is 0.423. The Hall–Kier alpha value is -2.97. The number of anilines is 2. The number of halogens is 2. The van der Waals surface area contributed by atoms with Crippen LogP contribution < -0.4 is 14.8 Å². The Morgan fingerprint density at radius 3 is 2.66 bits per heavy atom. The van der Waals surface area contributed by atoms with Gasteiger partial charge in [-0.3, -0.25) is 9.69 Å². The number of fused-ring (bicyclic) bond motifs is 1. The molecule has 35 heavy (non-hydrogen) atoms. The summed E-state index contributed by atoms with van der Waals surface area (Å²) in [4.78, 5) is 22.9. The number of nitrogens with zero attached hydrogens (tertiary/aromatic N) is 3. The molecule has 1 aromatic heterocycles. The maximum Gasteiger partial charge on any atom is 0.165 e. The minimum absolute atomic E-state index is 0.0146. The molecule has 0 aliphatic heterocycles. The molecule has 0 bridgehead atoms. The van der Waals surface area contributed by atoms with Crippen LogP contribution in [-0.2, 0) is 4.79 Å². The van der Waals surface area contributed by atoms with Crippen molar-refractivity contribution in [2.45, 2.75) is 39.7 Å². The number of ether oxygens (including phenoxy) is 2. The number of hydrogen-bond acceptors (Lipinski definition) is 7. The second-order valence-electron chi connectivity index (χ2n) is 8.59. The van der Waals surface area contributed by atoms with Crippen LogP contribution in [0.5, 0.6) is 11.5 Å². The summed E-state index contributed by atoms with van der Waals surface area (Å²) >= 11 is 5.93. The molecule has 1 heterocycles. The molecule has 0 amide bonds. The maximum atomic E-state index is 14.5. The van der Waals surface area contributed by atoms with Gasteiger partial charge in [-0.05, 0) is 38.1 Å². The largest absolute Gasteiger partial charge is 0.493 e. The molecular formula is C26H32ClFN4O3. The predicted octanol–water partition coefficient (Wildman–Crippen LogP) is 5.88. The number of rotatable bonds is 12. The zero-order valence-corrected chi connectivity index (χ0v) is 21.5. The first-order valence-corrected chi connectivity index (χ1v) is 12.1. The Labute approximate surface area is 210 Å². The van der Waals surface area contributed by atoms with Crippen molar-refractivity contribution in [2.75, 3.05) is 32.6 Å². The molecule has 0 aliphatic rings. The molecule has 1 N–H and O–H groups in total. The van der Waals surface area contributed by atoms with Crippen LogP contribution in [0.4, 0.5) is 15.9 Å². The second kappa shape index (κ2) is 12.1. The van der Waals surface area contributed by atoms with Crippen molar-refractivity contribution in [1.29, 1.82) is 0 Å². The maximum absolute atomic E-state index is 14.5. The van der Waals surface area contributed by atoms with Gasteiger partial charge >= 0.3 is 0 Å².